The summed E-state index contributed by atoms with van der Waals surface area (Å²) in [4.78, 5) is 8.53. The molecule has 0 amide bonds. The minimum Gasteiger partial charge on any atom is -0.338 e. The highest BCUT2D eigenvalue weighted by Crippen LogP contribution is 2.15. The summed E-state index contributed by atoms with van der Waals surface area (Å²) in [5.41, 5.74) is 6.76. The Bertz CT molecular complexity index is 540. The van der Waals surface area contributed by atoms with Crippen LogP contribution in [0.3, 0.4) is 0 Å². The van der Waals surface area contributed by atoms with E-state index in [4.69, 9.17) is 16.7 Å². The number of hydrogen-bond donors (Lipinski definition) is 1. The van der Waals surface area contributed by atoms with Crippen LogP contribution in [0.15, 0.2) is 9.90 Å². The van der Waals surface area contributed by atoms with Crippen molar-refractivity contribution in [2.75, 3.05) is 0 Å². The molecule has 6 heteroatoms. The lowest BCUT2D eigenvalue weighted by molar-refractivity contribution is 0.353. The fourth-order valence-corrected chi connectivity index (χ4v) is 2.09. The third-order valence-electron chi connectivity index (χ3n) is 2.11. The molecular weight excluding hydrogens is 236 g/mol. The van der Waals surface area contributed by atoms with Gasteiger partial charge in [-0.15, -0.1) is 23.7 Å². The molecule has 88 valence electrons. The van der Waals surface area contributed by atoms with Crippen molar-refractivity contribution in [1.82, 2.24) is 15.1 Å². The summed E-state index contributed by atoms with van der Waals surface area (Å²) in [6, 6.07) is -0.390. The number of aromatic nitrogens is 3. The molecule has 0 radical (unpaired) electrons. The van der Waals surface area contributed by atoms with Crippen molar-refractivity contribution in [3.05, 3.63) is 27.8 Å². The number of hydrogen-bond acceptors (Lipinski definition) is 6. The molecule has 2 N–H and O–H groups in total. The smallest absolute Gasteiger partial charge is 0.244 e. The topological polar surface area (TPSA) is 77.8 Å². The summed E-state index contributed by atoms with van der Waals surface area (Å²) in [5.74, 6) is 3.43. The van der Waals surface area contributed by atoms with Crippen molar-refractivity contribution in [1.29, 1.82) is 0 Å². The van der Waals surface area contributed by atoms with Gasteiger partial charge in [0.1, 0.15) is 5.01 Å². The van der Waals surface area contributed by atoms with E-state index in [1.54, 1.807) is 11.3 Å². The third-order valence-corrected chi connectivity index (χ3v) is 3.08. The average molecular weight is 248 g/mol. The summed E-state index contributed by atoms with van der Waals surface area (Å²) >= 11 is 1.58. The summed E-state index contributed by atoms with van der Waals surface area (Å²) in [5, 5.41) is 6.80. The lowest BCUT2D eigenvalue weighted by Crippen LogP contribution is -2.09. The van der Waals surface area contributed by atoms with Gasteiger partial charge in [-0.1, -0.05) is 5.16 Å². The van der Waals surface area contributed by atoms with Crippen LogP contribution in [-0.2, 0) is 6.42 Å². The molecular formula is C11H12N4OS. The highest BCUT2D eigenvalue weighted by atomic mass is 32.1. The molecule has 0 aliphatic carbocycles. The average Bonchev–Trinajstić information content (AvgIpc) is 2.89. The lowest BCUT2D eigenvalue weighted by atomic mass is 10.2. The van der Waals surface area contributed by atoms with Gasteiger partial charge in [0, 0.05) is 17.5 Å². The van der Waals surface area contributed by atoms with Gasteiger partial charge in [-0.3, -0.25) is 0 Å². The van der Waals surface area contributed by atoms with E-state index in [9.17, 15) is 0 Å². The molecule has 0 saturated carbocycles. The van der Waals surface area contributed by atoms with Gasteiger partial charge in [0.15, 0.2) is 5.82 Å². The van der Waals surface area contributed by atoms with Crippen LogP contribution in [0.1, 0.15) is 34.9 Å². The van der Waals surface area contributed by atoms with Gasteiger partial charge in [-0.05, 0) is 6.92 Å². The zero-order valence-electron chi connectivity index (χ0n) is 9.38. The Balaban J connectivity index is 2.06. The van der Waals surface area contributed by atoms with Gasteiger partial charge >= 0.3 is 0 Å². The Hall–Kier alpha value is -1.71. The number of nitrogens with two attached hydrogens (primary N) is 1. The number of rotatable bonds is 4. The molecule has 0 bridgehead atoms. The van der Waals surface area contributed by atoms with Crippen LogP contribution in [0.2, 0.25) is 0 Å². The number of terminal acetylenes is 1. The van der Waals surface area contributed by atoms with Gasteiger partial charge in [0.2, 0.25) is 5.89 Å². The van der Waals surface area contributed by atoms with Crippen molar-refractivity contribution < 1.29 is 4.52 Å². The zero-order chi connectivity index (χ0) is 12.3. The van der Waals surface area contributed by atoms with E-state index in [1.807, 2.05) is 12.3 Å². The summed E-state index contributed by atoms with van der Waals surface area (Å²) in [6.07, 6.45) is 6.12. The molecule has 2 rings (SSSR count). The molecule has 2 aromatic rings. The number of nitrogens with zero attached hydrogens (tertiary/aromatic N) is 3. The SMILES string of the molecule is C#CCC(N)c1nc(Cc2nc(C)cs2)no1. The molecule has 1 unspecified atom stereocenters. The molecule has 1 atom stereocenters. The predicted octanol–water partition coefficient (Wildman–Crippen LogP) is 1.45. The molecule has 17 heavy (non-hydrogen) atoms. The first-order chi connectivity index (χ1) is 8.19. The maximum atomic E-state index is 5.76. The fraction of sp³-hybridized carbons (Fsp3) is 0.364. The van der Waals surface area contributed by atoms with Crippen LogP contribution in [0.4, 0.5) is 0 Å². The second-order valence-electron chi connectivity index (χ2n) is 3.62. The first-order valence-electron chi connectivity index (χ1n) is 5.11. The van der Waals surface area contributed by atoms with Crippen molar-refractivity contribution in [2.45, 2.75) is 25.8 Å². The molecule has 2 heterocycles. The van der Waals surface area contributed by atoms with E-state index in [-0.39, 0.29) is 6.04 Å². The van der Waals surface area contributed by atoms with Crippen LogP contribution in [0.5, 0.6) is 0 Å². The van der Waals surface area contributed by atoms with E-state index in [0.29, 0.717) is 24.6 Å². The molecule has 0 aromatic carbocycles. The van der Waals surface area contributed by atoms with Crippen LogP contribution in [-0.4, -0.2) is 15.1 Å². The van der Waals surface area contributed by atoms with Crippen molar-refractivity contribution in [2.24, 2.45) is 5.73 Å². The van der Waals surface area contributed by atoms with E-state index in [2.05, 4.69) is 21.0 Å². The Morgan fingerprint density at radius 2 is 2.41 bits per heavy atom. The number of thiazole rings is 1. The minimum atomic E-state index is -0.390. The van der Waals surface area contributed by atoms with Gasteiger partial charge in [0.25, 0.3) is 0 Å². The van der Waals surface area contributed by atoms with Crippen LogP contribution >= 0.6 is 11.3 Å². The Kier molecular flexibility index (Phi) is 3.52. The second-order valence-corrected chi connectivity index (χ2v) is 4.57. The van der Waals surface area contributed by atoms with Crippen LogP contribution in [0.25, 0.3) is 0 Å². The van der Waals surface area contributed by atoms with Crippen molar-refractivity contribution in [3.8, 4) is 12.3 Å². The highest BCUT2D eigenvalue weighted by molar-refractivity contribution is 7.09. The van der Waals surface area contributed by atoms with Crippen molar-refractivity contribution >= 4 is 11.3 Å². The first-order valence-corrected chi connectivity index (χ1v) is 5.99. The Labute approximate surface area is 103 Å². The van der Waals surface area contributed by atoms with Crippen molar-refractivity contribution in [3.63, 3.8) is 0 Å². The largest absolute Gasteiger partial charge is 0.338 e. The maximum absolute atomic E-state index is 5.76. The number of aryl methyl sites for hydroxylation is 1. The van der Waals surface area contributed by atoms with E-state index < -0.39 is 0 Å². The molecule has 0 spiro atoms. The van der Waals surface area contributed by atoms with Gasteiger partial charge in [-0.25, -0.2) is 4.98 Å². The lowest BCUT2D eigenvalue weighted by Gasteiger charge is -1.98. The molecule has 5 nitrogen and oxygen atoms in total. The Morgan fingerprint density at radius 3 is 3.06 bits per heavy atom. The van der Waals surface area contributed by atoms with Gasteiger partial charge in [-0.2, -0.15) is 4.98 Å². The fourth-order valence-electron chi connectivity index (χ4n) is 1.32. The van der Waals surface area contributed by atoms with E-state index in [0.717, 1.165) is 10.7 Å². The quantitative estimate of drug-likeness (QED) is 0.828. The monoisotopic (exact) mass is 248 g/mol. The molecule has 0 saturated heterocycles. The minimum absolute atomic E-state index is 0.381. The van der Waals surface area contributed by atoms with Crippen LogP contribution in [0, 0.1) is 19.3 Å². The summed E-state index contributed by atoms with van der Waals surface area (Å²) in [7, 11) is 0. The standard InChI is InChI=1S/C11H12N4OS/c1-3-4-8(12)11-14-9(15-16-11)5-10-13-7(2)6-17-10/h1,6,8H,4-5,12H2,2H3. The third kappa shape index (κ3) is 2.90. The zero-order valence-corrected chi connectivity index (χ0v) is 10.2. The van der Waals surface area contributed by atoms with E-state index in [1.165, 1.54) is 0 Å². The highest BCUT2D eigenvalue weighted by Gasteiger charge is 2.14. The summed E-state index contributed by atoms with van der Waals surface area (Å²) in [6.45, 7) is 1.95. The molecule has 0 aliphatic rings. The van der Waals surface area contributed by atoms with E-state index >= 15 is 0 Å². The second kappa shape index (κ2) is 5.08. The predicted molar refractivity (Wildman–Crippen MR) is 64.3 cm³/mol. The summed E-state index contributed by atoms with van der Waals surface area (Å²) < 4.78 is 5.05. The normalized spacial score (nSPS) is 12.3. The van der Waals surface area contributed by atoms with Gasteiger partial charge < -0.3 is 10.3 Å². The van der Waals surface area contributed by atoms with Crippen LogP contribution < -0.4 is 5.73 Å². The molecule has 2 aromatic heterocycles. The first kappa shape index (κ1) is 11.8. The molecule has 0 aliphatic heterocycles. The van der Waals surface area contributed by atoms with Gasteiger partial charge in [0.05, 0.1) is 12.5 Å². The molecule has 0 fully saturated rings. The Morgan fingerprint density at radius 1 is 1.59 bits per heavy atom. The maximum Gasteiger partial charge on any atom is 0.244 e.